The molecule has 0 radical (unpaired) electrons. The highest BCUT2D eigenvalue weighted by atomic mass is 32.1. The zero-order valence-electron chi connectivity index (χ0n) is 8.33. The number of anilines is 1. The minimum atomic E-state index is -0.0258. The maximum absolute atomic E-state index is 11.3. The summed E-state index contributed by atoms with van der Waals surface area (Å²) in [6.45, 7) is 5.43. The van der Waals surface area contributed by atoms with E-state index in [2.05, 4.69) is 20.8 Å². The van der Waals surface area contributed by atoms with Crippen molar-refractivity contribution in [2.24, 2.45) is 0 Å². The number of nitrogens with one attached hydrogen (secondary N) is 2. The first-order chi connectivity index (χ1) is 6.72. The van der Waals surface area contributed by atoms with E-state index in [0.717, 1.165) is 11.6 Å². The van der Waals surface area contributed by atoms with Gasteiger partial charge in [-0.2, -0.15) is 0 Å². The summed E-state index contributed by atoms with van der Waals surface area (Å²) in [6, 6.07) is 0. The van der Waals surface area contributed by atoms with Crippen LogP contribution < -0.4 is 10.6 Å². The molecule has 2 N–H and O–H groups in total. The molecule has 1 aromatic rings. The van der Waals surface area contributed by atoms with Crippen molar-refractivity contribution in [3.63, 3.8) is 0 Å². The summed E-state index contributed by atoms with van der Waals surface area (Å²) < 4.78 is 0. The van der Waals surface area contributed by atoms with Gasteiger partial charge in [-0.15, -0.1) is 10.2 Å². The third-order valence-corrected chi connectivity index (χ3v) is 2.31. The average molecular weight is 214 g/mol. The molecule has 0 spiro atoms. The van der Waals surface area contributed by atoms with E-state index in [1.165, 1.54) is 11.3 Å². The number of carbonyl (C=O) groups is 1. The lowest BCUT2D eigenvalue weighted by Crippen LogP contribution is -2.21. The zero-order valence-corrected chi connectivity index (χ0v) is 9.15. The van der Waals surface area contributed by atoms with E-state index < -0.39 is 0 Å². The molecule has 0 aliphatic carbocycles. The van der Waals surface area contributed by atoms with Crippen molar-refractivity contribution >= 4 is 22.4 Å². The first-order valence-corrected chi connectivity index (χ1v) is 5.34. The molecule has 0 aliphatic rings. The van der Waals surface area contributed by atoms with Crippen molar-refractivity contribution in [3.05, 3.63) is 5.01 Å². The lowest BCUT2D eigenvalue weighted by molar-refractivity contribution is -0.116. The second-order valence-corrected chi connectivity index (χ2v) is 3.96. The molecule has 1 heterocycles. The Hall–Kier alpha value is -1.01. The molecule has 0 aliphatic heterocycles. The lowest BCUT2D eigenvalue weighted by atomic mass is 10.4. The summed E-state index contributed by atoms with van der Waals surface area (Å²) in [6.07, 6.45) is 0.465. The highest BCUT2D eigenvalue weighted by molar-refractivity contribution is 7.15. The van der Waals surface area contributed by atoms with E-state index in [1.807, 2.05) is 13.8 Å². The summed E-state index contributed by atoms with van der Waals surface area (Å²) in [5.74, 6) is -0.0258. The number of carbonyl (C=O) groups excluding carboxylic acids is 1. The molecule has 0 fully saturated rings. The van der Waals surface area contributed by atoms with Crippen LogP contribution in [-0.4, -0.2) is 29.2 Å². The van der Waals surface area contributed by atoms with Crippen molar-refractivity contribution in [2.75, 3.05) is 18.4 Å². The molecule has 0 atom stereocenters. The normalized spacial score (nSPS) is 10.1. The van der Waals surface area contributed by atoms with Crippen LogP contribution in [0.5, 0.6) is 0 Å². The van der Waals surface area contributed by atoms with Crippen molar-refractivity contribution in [1.29, 1.82) is 0 Å². The minimum Gasteiger partial charge on any atom is -0.316 e. The fourth-order valence-corrected chi connectivity index (χ4v) is 1.52. The van der Waals surface area contributed by atoms with Crippen LogP contribution in [0.25, 0.3) is 0 Å². The number of hydrogen-bond donors (Lipinski definition) is 2. The predicted octanol–water partition coefficient (Wildman–Crippen LogP) is 0.785. The highest BCUT2D eigenvalue weighted by Gasteiger charge is 2.04. The second-order valence-electron chi connectivity index (χ2n) is 2.78. The molecule has 0 saturated carbocycles. The Bertz CT molecular complexity index is 299. The zero-order chi connectivity index (χ0) is 10.4. The number of aromatic nitrogens is 2. The molecule has 1 amide bonds. The van der Waals surface area contributed by atoms with Crippen molar-refractivity contribution < 1.29 is 4.79 Å². The molecule has 6 heteroatoms. The van der Waals surface area contributed by atoms with Gasteiger partial charge in [0.15, 0.2) is 0 Å². The summed E-state index contributed by atoms with van der Waals surface area (Å²) in [5, 5.41) is 14.8. The largest absolute Gasteiger partial charge is 0.316 e. The van der Waals surface area contributed by atoms with Gasteiger partial charge in [-0.25, -0.2) is 0 Å². The van der Waals surface area contributed by atoms with E-state index in [0.29, 0.717) is 18.1 Å². The Labute approximate surface area is 86.9 Å². The maximum Gasteiger partial charge on any atom is 0.227 e. The van der Waals surface area contributed by atoms with Crippen molar-refractivity contribution in [3.8, 4) is 0 Å². The molecule has 5 nitrogen and oxygen atoms in total. The maximum atomic E-state index is 11.3. The standard InChI is InChI=1S/C8H14N4OS/c1-3-9-5-4-7(13)10-8-12-11-6(2)14-8/h9H,3-5H2,1-2H3,(H,10,12,13). The van der Waals surface area contributed by atoms with Gasteiger partial charge in [-0.3, -0.25) is 4.79 Å². The van der Waals surface area contributed by atoms with Gasteiger partial charge in [0.25, 0.3) is 0 Å². The van der Waals surface area contributed by atoms with Gasteiger partial charge < -0.3 is 10.6 Å². The number of rotatable bonds is 5. The van der Waals surface area contributed by atoms with Crippen molar-refractivity contribution in [2.45, 2.75) is 20.3 Å². The van der Waals surface area contributed by atoms with Gasteiger partial charge in [-0.1, -0.05) is 18.3 Å². The molecule has 0 aromatic carbocycles. The monoisotopic (exact) mass is 214 g/mol. The Morgan fingerprint density at radius 3 is 2.86 bits per heavy atom. The Kier molecular flexibility index (Phi) is 4.48. The Morgan fingerprint density at radius 2 is 2.29 bits per heavy atom. The van der Waals surface area contributed by atoms with Crippen LogP contribution in [0.4, 0.5) is 5.13 Å². The average Bonchev–Trinajstić information content (AvgIpc) is 2.52. The van der Waals surface area contributed by atoms with Crippen LogP contribution >= 0.6 is 11.3 Å². The number of hydrogen-bond acceptors (Lipinski definition) is 5. The first-order valence-electron chi connectivity index (χ1n) is 4.53. The molecular weight excluding hydrogens is 200 g/mol. The third-order valence-electron chi connectivity index (χ3n) is 1.55. The van der Waals surface area contributed by atoms with Crippen LogP contribution in [0.3, 0.4) is 0 Å². The van der Waals surface area contributed by atoms with Gasteiger partial charge in [0, 0.05) is 13.0 Å². The number of aryl methyl sites for hydroxylation is 1. The summed E-state index contributed by atoms with van der Waals surface area (Å²) in [5.41, 5.74) is 0. The van der Waals surface area contributed by atoms with E-state index in [4.69, 9.17) is 0 Å². The molecule has 0 bridgehead atoms. The second kappa shape index (κ2) is 5.66. The fraction of sp³-hybridized carbons (Fsp3) is 0.625. The van der Waals surface area contributed by atoms with E-state index in [1.54, 1.807) is 0 Å². The van der Waals surface area contributed by atoms with E-state index >= 15 is 0 Å². The van der Waals surface area contributed by atoms with Crippen LogP contribution in [0.2, 0.25) is 0 Å². The molecule has 78 valence electrons. The van der Waals surface area contributed by atoms with Crippen LogP contribution in [-0.2, 0) is 4.79 Å². The predicted molar refractivity (Wildman–Crippen MR) is 56.4 cm³/mol. The summed E-state index contributed by atoms with van der Waals surface area (Å²) >= 11 is 1.38. The Morgan fingerprint density at radius 1 is 1.50 bits per heavy atom. The smallest absolute Gasteiger partial charge is 0.227 e. The van der Waals surface area contributed by atoms with Gasteiger partial charge >= 0.3 is 0 Å². The molecular formula is C8H14N4OS. The molecule has 1 rings (SSSR count). The van der Waals surface area contributed by atoms with Gasteiger partial charge in [0.05, 0.1) is 0 Å². The molecule has 0 saturated heterocycles. The van der Waals surface area contributed by atoms with Crippen LogP contribution in [0.15, 0.2) is 0 Å². The minimum absolute atomic E-state index is 0.0258. The summed E-state index contributed by atoms with van der Waals surface area (Å²) in [4.78, 5) is 11.3. The summed E-state index contributed by atoms with van der Waals surface area (Å²) in [7, 11) is 0. The van der Waals surface area contributed by atoms with Gasteiger partial charge in [0.2, 0.25) is 11.0 Å². The number of amides is 1. The Balaban J connectivity index is 2.27. The van der Waals surface area contributed by atoms with Crippen LogP contribution in [0, 0.1) is 6.92 Å². The van der Waals surface area contributed by atoms with E-state index in [9.17, 15) is 4.79 Å². The highest BCUT2D eigenvalue weighted by Crippen LogP contribution is 2.13. The molecule has 14 heavy (non-hydrogen) atoms. The van der Waals surface area contributed by atoms with Gasteiger partial charge in [0.1, 0.15) is 5.01 Å². The van der Waals surface area contributed by atoms with Crippen molar-refractivity contribution in [1.82, 2.24) is 15.5 Å². The molecule has 0 unspecified atom stereocenters. The topological polar surface area (TPSA) is 66.9 Å². The SMILES string of the molecule is CCNCCC(=O)Nc1nnc(C)s1. The van der Waals surface area contributed by atoms with E-state index in [-0.39, 0.29) is 5.91 Å². The quantitative estimate of drug-likeness (QED) is 0.711. The number of nitrogens with zero attached hydrogens (tertiary/aromatic N) is 2. The first kappa shape index (κ1) is 11.1. The third kappa shape index (κ3) is 3.80. The molecule has 1 aromatic heterocycles. The van der Waals surface area contributed by atoms with Gasteiger partial charge in [-0.05, 0) is 13.5 Å². The lowest BCUT2D eigenvalue weighted by Gasteiger charge is -2.00. The fourth-order valence-electron chi connectivity index (χ4n) is 0.908. The van der Waals surface area contributed by atoms with Crippen LogP contribution in [0.1, 0.15) is 18.4 Å².